The fourth-order valence-electron chi connectivity index (χ4n) is 2.39. The number of hydrogen-bond donors (Lipinski definition) is 1. The fourth-order valence-corrected chi connectivity index (χ4v) is 3.23. The highest BCUT2D eigenvalue weighted by Gasteiger charge is 2.35. The van der Waals surface area contributed by atoms with Crippen LogP contribution in [-0.4, -0.2) is 33.7 Å². The van der Waals surface area contributed by atoms with Crippen molar-refractivity contribution in [3.05, 3.63) is 70.4 Å². The Kier molecular flexibility index (Phi) is 5.56. The molecule has 138 valence electrons. The van der Waals surface area contributed by atoms with Crippen molar-refractivity contribution < 1.29 is 28.6 Å². The minimum Gasteiger partial charge on any atom is -0.482 e. The first-order valence-corrected chi connectivity index (χ1v) is 8.69. The smallest absolute Gasteiger partial charge is 0.341 e. The van der Waals surface area contributed by atoms with Crippen molar-refractivity contribution in [3.63, 3.8) is 0 Å². The van der Waals surface area contributed by atoms with Crippen LogP contribution in [-0.2, 0) is 16.1 Å². The zero-order chi connectivity index (χ0) is 19.4. The SMILES string of the molecule is O=C(O)COc1ccc(/C=C2\SC(=O)N(Cc3ccccc3F)C2=O)cc1. The van der Waals surface area contributed by atoms with Gasteiger partial charge in [0.15, 0.2) is 6.61 Å². The van der Waals surface area contributed by atoms with Crippen LogP contribution in [0.4, 0.5) is 9.18 Å². The Bertz CT molecular complexity index is 926. The molecule has 0 saturated carbocycles. The van der Waals surface area contributed by atoms with Gasteiger partial charge in [0.05, 0.1) is 11.4 Å². The first-order chi connectivity index (χ1) is 12.9. The molecular formula is C19H14FNO5S. The predicted molar refractivity (Wildman–Crippen MR) is 97.5 cm³/mol. The number of hydrogen-bond acceptors (Lipinski definition) is 5. The van der Waals surface area contributed by atoms with Gasteiger partial charge in [-0.15, -0.1) is 0 Å². The van der Waals surface area contributed by atoms with Gasteiger partial charge in [-0.1, -0.05) is 30.3 Å². The zero-order valence-electron chi connectivity index (χ0n) is 13.9. The van der Waals surface area contributed by atoms with Gasteiger partial charge in [-0.2, -0.15) is 0 Å². The zero-order valence-corrected chi connectivity index (χ0v) is 14.7. The van der Waals surface area contributed by atoms with E-state index in [0.717, 1.165) is 16.7 Å². The molecule has 1 aliphatic rings. The summed E-state index contributed by atoms with van der Waals surface area (Å²) in [6.07, 6.45) is 1.55. The molecule has 0 radical (unpaired) electrons. The van der Waals surface area contributed by atoms with Crippen LogP contribution in [0, 0.1) is 5.82 Å². The minimum absolute atomic E-state index is 0.128. The summed E-state index contributed by atoms with van der Waals surface area (Å²) < 4.78 is 18.8. The lowest BCUT2D eigenvalue weighted by atomic mass is 10.2. The van der Waals surface area contributed by atoms with Gasteiger partial charge in [0.1, 0.15) is 11.6 Å². The Labute approximate surface area is 158 Å². The summed E-state index contributed by atoms with van der Waals surface area (Å²) in [5, 5.41) is 8.12. The van der Waals surface area contributed by atoms with Gasteiger partial charge in [-0.05, 0) is 41.6 Å². The van der Waals surface area contributed by atoms with E-state index in [4.69, 9.17) is 9.84 Å². The molecule has 0 aromatic heterocycles. The Balaban J connectivity index is 1.72. The van der Waals surface area contributed by atoms with Crippen LogP contribution in [0.15, 0.2) is 53.4 Å². The molecule has 0 aliphatic carbocycles. The summed E-state index contributed by atoms with van der Waals surface area (Å²) in [6.45, 7) is -0.578. The molecule has 1 N–H and O–H groups in total. The van der Waals surface area contributed by atoms with Crippen molar-refractivity contribution in [1.29, 1.82) is 0 Å². The highest BCUT2D eigenvalue weighted by atomic mass is 32.2. The third-order valence-electron chi connectivity index (χ3n) is 3.70. The van der Waals surface area contributed by atoms with E-state index in [1.807, 2.05) is 0 Å². The molecule has 1 saturated heterocycles. The van der Waals surface area contributed by atoms with Crippen molar-refractivity contribution in [3.8, 4) is 5.75 Å². The molecule has 27 heavy (non-hydrogen) atoms. The molecule has 0 unspecified atom stereocenters. The number of halogens is 1. The van der Waals surface area contributed by atoms with Crippen LogP contribution in [0.2, 0.25) is 0 Å². The molecule has 1 heterocycles. The van der Waals surface area contributed by atoms with Crippen LogP contribution in [0.3, 0.4) is 0 Å². The van der Waals surface area contributed by atoms with E-state index in [2.05, 4.69) is 0 Å². The lowest BCUT2D eigenvalue weighted by molar-refractivity contribution is -0.139. The first-order valence-electron chi connectivity index (χ1n) is 7.87. The van der Waals surface area contributed by atoms with E-state index in [9.17, 15) is 18.8 Å². The maximum absolute atomic E-state index is 13.8. The van der Waals surface area contributed by atoms with E-state index in [1.165, 1.54) is 18.2 Å². The predicted octanol–water partition coefficient (Wildman–Crippen LogP) is 3.53. The molecule has 0 bridgehead atoms. The van der Waals surface area contributed by atoms with Crippen LogP contribution in [0.1, 0.15) is 11.1 Å². The normalized spacial score (nSPS) is 15.4. The van der Waals surface area contributed by atoms with Crippen LogP contribution < -0.4 is 4.74 Å². The van der Waals surface area contributed by atoms with Gasteiger partial charge in [-0.25, -0.2) is 9.18 Å². The Morgan fingerprint density at radius 3 is 2.52 bits per heavy atom. The van der Waals surface area contributed by atoms with E-state index in [1.54, 1.807) is 36.4 Å². The number of rotatable bonds is 6. The molecule has 1 fully saturated rings. The highest BCUT2D eigenvalue weighted by Crippen LogP contribution is 2.33. The van der Waals surface area contributed by atoms with Crippen molar-refractivity contribution in [1.82, 2.24) is 4.90 Å². The molecule has 2 aromatic carbocycles. The first kappa shape index (κ1) is 18.7. The van der Waals surface area contributed by atoms with Crippen LogP contribution >= 0.6 is 11.8 Å². The molecule has 0 spiro atoms. The summed E-state index contributed by atoms with van der Waals surface area (Å²) in [5.41, 5.74) is 0.912. The van der Waals surface area contributed by atoms with Gasteiger partial charge in [0.2, 0.25) is 0 Å². The van der Waals surface area contributed by atoms with Crippen molar-refractivity contribution in [2.24, 2.45) is 0 Å². The number of thioether (sulfide) groups is 1. The second-order valence-corrected chi connectivity index (χ2v) is 6.60. The largest absolute Gasteiger partial charge is 0.482 e. The summed E-state index contributed by atoms with van der Waals surface area (Å²) in [7, 11) is 0. The Morgan fingerprint density at radius 1 is 1.15 bits per heavy atom. The van der Waals surface area contributed by atoms with Crippen molar-refractivity contribution in [2.75, 3.05) is 6.61 Å². The van der Waals surface area contributed by atoms with E-state index in [-0.39, 0.29) is 17.0 Å². The summed E-state index contributed by atoms with van der Waals surface area (Å²) in [6, 6.07) is 12.4. The summed E-state index contributed by atoms with van der Waals surface area (Å²) >= 11 is 0.787. The molecule has 6 nitrogen and oxygen atoms in total. The molecular weight excluding hydrogens is 373 g/mol. The van der Waals surface area contributed by atoms with Crippen LogP contribution in [0.5, 0.6) is 5.75 Å². The Hall–Kier alpha value is -3.13. The van der Waals surface area contributed by atoms with Crippen LogP contribution in [0.25, 0.3) is 6.08 Å². The molecule has 8 heteroatoms. The fraction of sp³-hybridized carbons (Fsp3) is 0.105. The monoisotopic (exact) mass is 387 g/mol. The van der Waals surface area contributed by atoms with Crippen molar-refractivity contribution in [2.45, 2.75) is 6.54 Å². The summed E-state index contributed by atoms with van der Waals surface area (Å²) in [4.78, 5) is 36.3. The number of amides is 2. The van der Waals surface area contributed by atoms with Crippen molar-refractivity contribution >= 4 is 35.0 Å². The maximum atomic E-state index is 13.8. The average molecular weight is 387 g/mol. The number of imide groups is 1. The number of carbonyl (C=O) groups is 3. The minimum atomic E-state index is -1.08. The number of ether oxygens (including phenoxy) is 1. The molecule has 3 rings (SSSR count). The van der Waals surface area contributed by atoms with E-state index >= 15 is 0 Å². The topological polar surface area (TPSA) is 83.9 Å². The summed E-state index contributed by atoms with van der Waals surface area (Å²) in [5.74, 6) is -1.67. The van der Waals surface area contributed by atoms with Gasteiger partial charge in [-0.3, -0.25) is 14.5 Å². The van der Waals surface area contributed by atoms with Gasteiger partial charge >= 0.3 is 5.97 Å². The number of aliphatic carboxylic acids is 1. The number of carbonyl (C=O) groups excluding carboxylic acids is 2. The van der Waals surface area contributed by atoms with E-state index < -0.39 is 29.5 Å². The molecule has 2 amide bonds. The average Bonchev–Trinajstić information content (AvgIpc) is 2.90. The molecule has 0 atom stereocenters. The number of carboxylic acid groups (broad SMARTS) is 1. The highest BCUT2D eigenvalue weighted by molar-refractivity contribution is 8.18. The second-order valence-electron chi connectivity index (χ2n) is 5.61. The number of benzene rings is 2. The van der Waals surface area contributed by atoms with Gasteiger partial charge in [0.25, 0.3) is 11.1 Å². The molecule has 2 aromatic rings. The van der Waals surface area contributed by atoms with Gasteiger partial charge in [0, 0.05) is 5.56 Å². The third kappa shape index (κ3) is 4.53. The number of carboxylic acids is 1. The second kappa shape index (κ2) is 8.05. The maximum Gasteiger partial charge on any atom is 0.341 e. The lowest BCUT2D eigenvalue weighted by Crippen LogP contribution is -2.27. The lowest BCUT2D eigenvalue weighted by Gasteiger charge is -2.12. The quantitative estimate of drug-likeness (QED) is 0.764. The third-order valence-corrected chi connectivity index (χ3v) is 4.61. The molecule has 1 aliphatic heterocycles. The number of nitrogens with zero attached hydrogens (tertiary/aromatic N) is 1. The van der Waals surface area contributed by atoms with Gasteiger partial charge < -0.3 is 9.84 Å². The van der Waals surface area contributed by atoms with E-state index in [0.29, 0.717) is 11.3 Å². The standard InChI is InChI=1S/C19H14FNO5S/c20-15-4-2-1-3-13(15)10-21-18(24)16(27-19(21)25)9-12-5-7-14(8-6-12)26-11-17(22)23/h1-9H,10-11H2,(H,22,23)/b16-9-. The Morgan fingerprint density at radius 2 is 1.85 bits per heavy atom.